The van der Waals surface area contributed by atoms with E-state index in [1.165, 1.54) is 34.5 Å². The average Bonchev–Trinajstić information content (AvgIpc) is 4.32. The number of β-amino-alcohol motifs (C(OH)–C–C–N with tert-alkyl or cyclic N) is 1. The van der Waals surface area contributed by atoms with Crippen LogP contribution in [0.1, 0.15) is 114 Å². The molecule has 0 spiro atoms. The van der Waals surface area contributed by atoms with Crippen LogP contribution in [0.5, 0.6) is 11.8 Å². The van der Waals surface area contributed by atoms with E-state index in [1.54, 1.807) is 24.6 Å². The van der Waals surface area contributed by atoms with Crippen LogP contribution in [0, 0.1) is 17.6 Å². The SMILES string of the molecule is CCc1c(F)ccc2cc(O)cc(-c3ncc4c(N5CCC[C@@](C)(O)C5)nc(OC[C@]56CCCN5[C@H](COC(=O)N5CCC(CN7CCC(c8ccc9c(c8)n(C)c(=O)n9C8CCC(=O)NC8=O)CC7)CC5)CC6)nc4c3F)c12. The third-order valence-electron chi connectivity index (χ3n) is 18.4. The van der Waals surface area contributed by atoms with Gasteiger partial charge >= 0.3 is 17.8 Å². The number of hydrogen-bond acceptors (Lipinski definition) is 14. The first-order valence-electron chi connectivity index (χ1n) is 28.4. The summed E-state index contributed by atoms with van der Waals surface area (Å²) >= 11 is 0. The molecular formula is C59H70F2N10O8. The number of aromatic nitrogens is 5. The van der Waals surface area contributed by atoms with Crippen LogP contribution >= 0.6 is 0 Å². The van der Waals surface area contributed by atoms with Gasteiger partial charge in [-0.1, -0.05) is 19.1 Å². The van der Waals surface area contributed by atoms with Crippen LogP contribution in [-0.4, -0.2) is 150 Å². The quantitative estimate of drug-likeness (QED) is 0.102. The number of carbonyl (C=O) groups is 3. The Bertz CT molecular complexity index is 3440. The van der Waals surface area contributed by atoms with E-state index < -0.39 is 29.2 Å². The number of aryl methyl sites for hydroxylation is 2. The first kappa shape index (κ1) is 52.9. The number of carbonyl (C=O) groups excluding carboxylic acids is 3. The van der Waals surface area contributed by atoms with Gasteiger partial charge in [-0.25, -0.2) is 18.4 Å². The number of halogens is 2. The van der Waals surface area contributed by atoms with Crippen molar-refractivity contribution in [1.29, 1.82) is 0 Å². The van der Waals surface area contributed by atoms with E-state index in [2.05, 4.69) is 32.2 Å². The number of aromatic hydroxyl groups is 1. The van der Waals surface area contributed by atoms with Crippen molar-refractivity contribution in [2.45, 2.75) is 126 Å². The molecule has 6 aromatic rings. The van der Waals surface area contributed by atoms with E-state index in [1.807, 2.05) is 22.8 Å². The van der Waals surface area contributed by atoms with Gasteiger partial charge in [0.1, 0.15) is 47.9 Å². The number of rotatable bonds is 12. The minimum atomic E-state index is -1.00. The van der Waals surface area contributed by atoms with Crippen LogP contribution < -0.4 is 20.6 Å². The second-order valence-electron chi connectivity index (χ2n) is 23.5. The molecule has 0 bridgehead atoms. The van der Waals surface area contributed by atoms with E-state index in [0.717, 1.165) is 83.1 Å². The van der Waals surface area contributed by atoms with Crippen molar-refractivity contribution in [3.8, 4) is 23.0 Å². The minimum absolute atomic E-state index is 0.00736. The summed E-state index contributed by atoms with van der Waals surface area (Å²) in [6, 6.07) is 11.2. The number of hydrogen-bond donors (Lipinski definition) is 3. The number of ether oxygens (including phenoxy) is 2. The third-order valence-corrected chi connectivity index (χ3v) is 18.4. The fourth-order valence-corrected chi connectivity index (χ4v) is 14.2. The van der Waals surface area contributed by atoms with Crippen molar-refractivity contribution in [1.82, 2.24) is 44.1 Å². The number of phenols is 1. The number of fused-ring (bicyclic) bond motifs is 4. The molecule has 0 saturated carbocycles. The summed E-state index contributed by atoms with van der Waals surface area (Å²) in [4.78, 5) is 74.3. The van der Waals surface area contributed by atoms with Crippen molar-refractivity contribution in [2.24, 2.45) is 13.0 Å². The largest absolute Gasteiger partial charge is 0.508 e. The molecule has 6 saturated heterocycles. The average molecular weight is 1090 g/mol. The molecule has 20 heteroatoms. The van der Waals surface area contributed by atoms with Gasteiger partial charge < -0.3 is 34.4 Å². The monoisotopic (exact) mass is 1080 g/mol. The Labute approximate surface area is 456 Å². The summed E-state index contributed by atoms with van der Waals surface area (Å²) < 4.78 is 48.3. The highest BCUT2D eigenvalue weighted by molar-refractivity contribution is 6.02. The molecule has 3 amide bonds. The smallest absolute Gasteiger partial charge is 0.409 e. The van der Waals surface area contributed by atoms with Crippen molar-refractivity contribution in [3.63, 3.8) is 0 Å². The summed E-state index contributed by atoms with van der Waals surface area (Å²) in [5.74, 6) is -0.828. The maximum atomic E-state index is 17.3. The molecule has 6 aliphatic rings. The minimum Gasteiger partial charge on any atom is -0.508 e. The van der Waals surface area contributed by atoms with Crippen molar-refractivity contribution in [2.75, 3.05) is 70.5 Å². The number of pyridine rings is 1. The van der Waals surface area contributed by atoms with Gasteiger partial charge in [-0.3, -0.25) is 33.9 Å². The zero-order valence-electron chi connectivity index (χ0n) is 45.3. The molecule has 4 atom stereocenters. The molecule has 3 N–H and O–H groups in total. The zero-order chi connectivity index (χ0) is 54.9. The molecule has 9 heterocycles. The molecule has 0 radical (unpaired) electrons. The maximum absolute atomic E-state index is 17.3. The van der Waals surface area contributed by atoms with Crippen LogP contribution in [0.2, 0.25) is 0 Å². The Morgan fingerprint density at radius 1 is 0.899 bits per heavy atom. The number of piperidine rings is 4. The van der Waals surface area contributed by atoms with Gasteiger partial charge in [0.05, 0.1) is 27.6 Å². The van der Waals surface area contributed by atoms with Gasteiger partial charge in [0.2, 0.25) is 11.8 Å². The number of imide groups is 1. The number of nitrogens with zero attached hydrogens (tertiary/aromatic N) is 9. The molecule has 3 aromatic heterocycles. The first-order chi connectivity index (χ1) is 38.1. The normalized spacial score (nSPS) is 24.7. The van der Waals surface area contributed by atoms with E-state index >= 15 is 8.78 Å². The van der Waals surface area contributed by atoms with E-state index in [4.69, 9.17) is 19.4 Å². The Balaban J connectivity index is 0.664. The predicted octanol–water partition coefficient (Wildman–Crippen LogP) is 7.48. The number of likely N-dealkylation sites (tertiary alicyclic amines) is 2. The molecular weight excluding hydrogens is 1010 g/mol. The second kappa shape index (κ2) is 21.0. The van der Waals surface area contributed by atoms with Gasteiger partial charge in [-0.15, -0.1) is 0 Å². The predicted molar refractivity (Wildman–Crippen MR) is 293 cm³/mol. The summed E-state index contributed by atoms with van der Waals surface area (Å²) in [7, 11) is 1.73. The molecule has 6 fully saturated rings. The van der Waals surface area contributed by atoms with Crippen molar-refractivity contribution in [3.05, 3.63) is 81.9 Å². The van der Waals surface area contributed by atoms with Crippen LogP contribution in [0.4, 0.5) is 19.4 Å². The molecule has 1 unspecified atom stereocenters. The molecule has 0 aliphatic carbocycles. The van der Waals surface area contributed by atoms with Crippen LogP contribution in [0.3, 0.4) is 0 Å². The van der Waals surface area contributed by atoms with Gasteiger partial charge in [0.15, 0.2) is 5.82 Å². The number of aliphatic hydroxyl groups is 1. The lowest BCUT2D eigenvalue weighted by atomic mass is 9.88. The van der Waals surface area contributed by atoms with Gasteiger partial charge in [0.25, 0.3) is 0 Å². The van der Waals surface area contributed by atoms with Crippen molar-refractivity contribution >= 4 is 56.4 Å². The van der Waals surface area contributed by atoms with Crippen LogP contribution in [0.25, 0.3) is 44.0 Å². The second-order valence-corrected chi connectivity index (χ2v) is 23.5. The highest BCUT2D eigenvalue weighted by Crippen LogP contribution is 2.44. The Kier molecular flexibility index (Phi) is 14.1. The number of benzene rings is 3. The number of nitrogens with one attached hydrogen (secondary N) is 1. The maximum Gasteiger partial charge on any atom is 0.409 e. The highest BCUT2D eigenvalue weighted by atomic mass is 19.1. The van der Waals surface area contributed by atoms with Crippen LogP contribution in [-0.2, 0) is 27.8 Å². The summed E-state index contributed by atoms with van der Waals surface area (Å²) in [5.41, 5.74) is 1.55. The lowest BCUT2D eigenvalue weighted by Gasteiger charge is -2.38. The molecule has 18 nitrogen and oxygen atoms in total. The molecule has 3 aromatic carbocycles. The molecule has 12 rings (SSSR count). The standard InChI is InChI=1S/C59H70F2N10O8/c1-4-41-44(60)9-7-38-27-40(72)29-42(49(38)41)51-50(61)52-43(30-62-51)53(69-21-5-18-58(2,77)33-69)65-55(64-52)79-34-59-19-6-22-70(59)39(13-20-59)32-78-57(76)68-25-14-35(15-26-68)31-67-23-16-36(17-24-67)37-8-10-45-47(28-37)66(3)56(75)71(45)46-11-12-48(73)63-54(46)74/h7-10,27-30,35-36,39,46,72,77H,4-6,11-26,31-34H2,1-3H3,(H,63,73,74)/t39-,46?,58+,59+/m0/s1. The Morgan fingerprint density at radius 3 is 2.47 bits per heavy atom. The zero-order valence-corrected chi connectivity index (χ0v) is 45.3. The summed E-state index contributed by atoms with van der Waals surface area (Å²) in [5, 5.41) is 25.7. The molecule has 6 aliphatic heterocycles. The molecule has 79 heavy (non-hydrogen) atoms. The lowest BCUT2D eigenvalue weighted by Crippen LogP contribution is -2.49. The Hall–Kier alpha value is -6.77. The van der Waals surface area contributed by atoms with Gasteiger partial charge in [0, 0.05) is 64.0 Å². The van der Waals surface area contributed by atoms with Gasteiger partial charge in [-0.05, 0) is 168 Å². The highest BCUT2D eigenvalue weighted by Gasteiger charge is 2.50. The number of anilines is 1. The number of amides is 3. The lowest BCUT2D eigenvalue weighted by molar-refractivity contribution is -0.135. The fraction of sp³-hybridized carbons (Fsp3) is 0.542. The fourth-order valence-electron chi connectivity index (χ4n) is 14.2. The summed E-state index contributed by atoms with van der Waals surface area (Å²) in [6.07, 6.45) is 10.6. The van der Waals surface area contributed by atoms with Gasteiger partial charge in [-0.2, -0.15) is 9.97 Å². The first-order valence-corrected chi connectivity index (χ1v) is 28.4. The third kappa shape index (κ3) is 9.95. The topological polar surface area (TPSA) is 201 Å². The van der Waals surface area contributed by atoms with E-state index in [9.17, 15) is 29.4 Å². The summed E-state index contributed by atoms with van der Waals surface area (Å²) in [6.45, 7) is 9.95. The van der Waals surface area contributed by atoms with Crippen LogP contribution in [0.15, 0.2) is 53.5 Å². The molecule has 418 valence electrons. The van der Waals surface area contributed by atoms with E-state index in [0.29, 0.717) is 90.2 Å². The van der Waals surface area contributed by atoms with Crippen molar-refractivity contribution < 1.29 is 42.9 Å². The Morgan fingerprint density at radius 2 is 1.70 bits per heavy atom. The van der Waals surface area contributed by atoms with E-state index in [-0.39, 0.29) is 84.0 Å². The number of imidazole rings is 1. The number of phenolic OH excluding ortho intramolecular Hbond substituents is 1.